The lowest BCUT2D eigenvalue weighted by Crippen LogP contribution is -2.34. The molecule has 1 aliphatic rings. The van der Waals surface area contributed by atoms with Crippen LogP contribution in [0, 0.1) is 5.82 Å². The third kappa shape index (κ3) is 4.79. The first-order valence-electron chi connectivity index (χ1n) is 10.1. The first-order valence-corrected chi connectivity index (χ1v) is 10.1. The largest absolute Gasteiger partial charge is 0.416 e. The molecule has 0 saturated heterocycles. The van der Waals surface area contributed by atoms with E-state index in [4.69, 9.17) is 0 Å². The molecular formula is C25H18F4N2O2. The number of alkyl halides is 3. The minimum atomic E-state index is -4.57. The topological polar surface area (TPSA) is 49.4 Å². The van der Waals surface area contributed by atoms with Gasteiger partial charge in [0, 0.05) is 12.2 Å². The van der Waals surface area contributed by atoms with Crippen molar-refractivity contribution in [2.24, 2.45) is 0 Å². The molecule has 1 aliphatic heterocycles. The number of anilines is 1. The Balaban J connectivity index is 1.69. The van der Waals surface area contributed by atoms with E-state index >= 15 is 0 Å². The number of halogens is 4. The van der Waals surface area contributed by atoms with Crippen LogP contribution < -0.4 is 5.32 Å². The van der Waals surface area contributed by atoms with Crippen molar-refractivity contribution in [3.63, 3.8) is 0 Å². The van der Waals surface area contributed by atoms with Gasteiger partial charge >= 0.3 is 6.18 Å². The number of hydrogen-bond donors (Lipinski definition) is 1. The molecule has 0 bridgehead atoms. The molecule has 168 valence electrons. The van der Waals surface area contributed by atoms with Crippen molar-refractivity contribution in [1.29, 1.82) is 0 Å². The smallest absolute Gasteiger partial charge is 0.350 e. The molecule has 3 aromatic carbocycles. The molecule has 1 heterocycles. The Morgan fingerprint density at radius 3 is 2.18 bits per heavy atom. The normalized spacial score (nSPS) is 14.2. The van der Waals surface area contributed by atoms with Gasteiger partial charge in [-0.3, -0.25) is 14.5 Å². The summed E-state index contributed by atoms with van der Waals surface area (Å²) in [5.74, 6) is -1.78. The molecule has 3 aromatic rings. The molecule has 33 heavy (non-hydrogen) atoms. The van der Waals surface area contributed by atoms with Gasteiger partial charge in [0.25, 0.3) is 11.8 Å². The second-order valence-electron chi connectivity index (χ2n) is 7.46. The van der Waals surface area contributed by atoms with E-state index in [0.717, 1.165) is 34.7 Å². The summed E-state index contributed by atoms with van der Waals surface area (Å²) in [7, 11) is 0. The van der Waals surface area contributed by atoms with E-state index in [1.165, 1.54) is 24.3 Å². The maximum atomic E-state index is 13.4. The highest BCUT2D eigenvalue weighted by molar-refractivity contribution is 6.36. The number of benzene rings is 3. The molecule has 0 saturated carbocycles. The van der Waals surface area contributed by atoms with Crippen molar-refractivity contribution >= 4 is 23.1 Å². The minimum Gasteiger partial charge on any atom is -0.350 e. The fourth-order valence-electron chi connectivity index (χ4n) is 3.58. The van der Waals surface area contributed by atoms with Gasteiger partial charge in [0.1, 0.15) is 11.5 Å². The van der Waals surface area contributed by atoms with Crippen LogP contribution in [0.4, 0.5) is 23.2 Å². The van der Waals surface area contributed by atoms with E-state index in [2.05, 4.69) is 5.32 Å². The van der Waals surface area contributed by atoms with Crippen molar-refractivity contribution in [3.05, 3.63) is 107 Å². The molecule has 0 fully saturated rings. The lowest BCUT2D eigenvalue weighted by molar-refractivity contribution is -0.138. The van der Waals surface area contributed by atoms with Gasteiger partial charge in [-0.2, -0.15) is 13.2 Å². The minimum absolute atomic E-state index is 0.00509. The van der Waals surface area contributed by atoms with Crippen LogP contribution in [-0.4, -0.2) is 23.3 Å². The lowest BCUT2D eigenvalue weighted by atomic mass is 10.0. The zero-order valence-electron chi connectivity index (χ0n) is 17.2. The van der Waals surface area contributed by atoms with Crippen molar-refractivity contribution in [3.8, 4) is 0 Å². The fraction of sp³-hybridized carbons (Fsp3) is 0.120. The highest BCUT2D eigenvalue weighted by Gasteiger charge is 2.39. The molecule has 2 amide bonds. The summed E-state index contributed by atoms with van der Waals surface area (Å²) in [5.41, 5.74) is 0.135. The molecule has 4 rings (SSSR count). The summed E-state index contributed by atoms with van der Waals surface area (Å²) in [6.45, 7) is 0.0835. The highest BCUT2D eigenvalue weighted by atomic mass is 19.4. The number of carbonyl (C=O) groups is 2. The summed E-state index contributed by atoms with van der Waals surface area (Å²) in [4.78, 5) is 27.4. The summed E-state index contributed by atoms with van der Waals surface area (Å²) < 4.78 is 52.8. The van der Waals surface area contributed by atoms with Gasteiger partial charge in [0.15, 0.2) is 0 Å². The number of amides is 2. The number of rotatable bonds is 6. The van der Waals surface area contributed by atoms with Crippen LogP contribution >= 0.6 is 0 Å². The van der Waals surface area contributed by atoms with Crippen LogP contribution in [0.5, 0.6) is 0 Å². The van der Waals surface area contributed by atoms with Crippen LogP contribution in [0.2, 0.25) is 0 Å². The summed E-state index contributed by atoms with van der Waals surface area (Å²) in [6, 6.07) is 18.6. The zero-order chi connectivity index (χ0) is 23.6. The maximum Gasteiger partial charge on any atom is 0.416 e. The predicted molar refractivity (Wildman–Crippen MR) is 115 cm³/mol. The van der Waals surface area contributed by atoms with Crippen LogP contribution in [0.15, 0.2) is 84.6 Å². The van der Waals surface area contributed by atoms with Gasteiger partial charge in [-0.1, -0.05) is 48.5 Å². The predicted octanol–water partition coefficient (Wildman–Crippen LogP) is 5.28. The average molecular weight is 454 g/mol. The Bertz CT molecular complexity index is 1220. The van der Waals surface area contributed by atoms with Crippen LogP contribution in [0.3, 0.4) is 0 Å². The summed E-state index contributed by atoms with van der Waals surface area (Å²) in [6.07, 6.45) is -4.16. The van der Waals surface area contributed by atoms with E-state index < -0.39 is 29.4 Å². The molecule has 1 N–H and O–H groups in total. The standard InChI is InChI=1S/C25H18F4N2O2/c26-19-11-9-17(10-12-19)21-22(30-20-8-4-7-18(15-20)25(27,28)29)24(33)31(23(21)32)14-13-16-5-2-1-3-6-16/h1-12,15,30H,13-14H2. The Morgan fingerprint density at radius 1 is 0.818 bits per heavy atom. The van der Waals surface area contributed by atoms with E-state index in [-0.39, 0.29) is 29.1 Å². The third-order valence-corrected chi connectivity index (χ3v) is 5.23. The van der Waals surface area contributed by atoms with Gasteiger partial charge in [-0.25, -0.2) is 4.39 Å². The van der Waals surface area contributed by atoms with Gasteiger partial charge < -0.3 is 5.32 Å². The molecule has 0 radical (unpaired) electrons. The van der Waals surface area contributed by atoms with Crippen LogP contribution in [-0.2, 0) is 22.2 Å². The number of nitrogens with zero attached hydrogens (tertiary/aromatic N) is 1. The average Bonchev–Trinajstić information content (AvgIpc) is 3.02. The molecule has 0 atom stereocenters. The van der Waals surface area contributed by atoms with Crippen LogP contribution in [0.25, 0.3) is 5.57 Å². The summed E-state index contributed by atoms with van der Waals surface area (Å²) in [5, 5.41) is 2.70. The van der Waals surface area contributed by atoms with E-state index in [1.807, 2.05) is 30.3 Å². The lowest BCUT2D eigenvalue weighted by Gasteiger charge is -2.15. The summed E-state index contributed by atoms with van der Waals surface area (Å²) >= 11 is 0. The third-order valence-electron chi connectivity index (χ3n) is 5.23. The quantitative estimate of drug-likeness (QED) is 0.407. The second-order valence-corrected chi connectivity index (χ2v) is 7.46. The van der Waals surface area contributed by atoms with Crippen molar-refractivity contribution in [1.82, 2.24) is 4.90 Å². The maximum absolute atomic E-state index is 13.4. The van der Waals surface area contributed by atoms with Crippen molar-refractivity contribution in [2.45, 2.75) is 12.6 Å². The SMILES string of the molecule is O=C1C(Nc2cccc(C(F)(F)F)c2)=C(c2ccc(F)cc2)C(=O)N1CCc1ccccc1. The zero-order valence-corrected chi connectivity index (χ0v) is 17.2. The van der Waals surface area contributed by atoms with Gasteiger partial charge in [0.2, 0.25) is 0 Å². The highest BCUT2D eigenvalue weighted by Crippen LogP contribution is 2.34. The molecule has 0 aliphatic carbocycles. The number of hydrogen-bond acceptors (Lipinski definition) is 3. The van der Waals surface area contributed by atoms with Crippen molar-refractivity contribution in [2.75, 3.05) is 11.9 Å². The fourth-order valence-corrected chi connectivity index (χ4v) is 3.58. The van der Waals surface area contributed by atoms with Gasteiger partial charge in [-0.05, 0) is 47.9 Å². The Labute approximate surface area is 187 Å². The number of nitrogens with one attached hydrogen (secondary N) is 1. The Kier molecular flexibility index (Phi) is 6.00. The van der Waals surface area contributed by atoms with Crippen molar-refractivity contribution < 1.29 is 27.2 Å². The van der Waals surface area contributed by atoms with Crippen LogP contribution in [0.1, 0.15) is 16.7 Å². The molecule has 0 spiro atoms. The Morgan fingerprint density at radius 2 is 1.52 bits per heavy atom. The first kappa shape index (κ1) is 22.3. The van der Waals surface area contributed by atoms with E-state index in [0.29, 0.717) is 6.42 Å². The molecule has 4 nitrogen and oxygen atoms in total. The second kappa shape index (κ2) is 8.90. The van der Waals surface area contributed by atoms with E-state index in [9.17, 15) is 27.2 Å². The molecular weight excluding hydrogens is 436 g/mol. The molecule has 0 aromatic heterocycles. The molecule has 0 unspecified atom stereocenters. The molecule has 8 heteroatoms. The Hall–Kier alpha value is -3.94. The number of carbonyl (C=O) groups excluding carboxylic acids is 2. The first-order chi connectivity index (χ1) is 15.7. The van der Waals surface area contributed by atoms with E-state index in [1.54, 1.807) is 0 Å². The van der Waals surface area contributed by atoms with Gasteiger partial charge in [0.05, 0.1) is 11.1 Å². The monoisotopic (exact) mass is 454 g/mol. The van der Waals surface area contributed by atoms with Gasteiger partial charge in [-0.15, -0.1) is 0 Å². The number of imide groups is 1.